The van der Waals surface area contributed by atoms with Crippen molar-refractivity contribution in [3.63, 3.8) is 0 Å². The number of aromatic nitrogens is 1. The van der Waals surface area contributed by atoms with E-state index in [0.29, 0.717) is 11.4 Å². The maximum atomic E-state index is 13.7. The molecule has 0 bridgehead atoms. The van der Waals surface area contributed by atoms with E-state index < -0.39 is 0 Å². The van der Waals surface area contributed by atoms with E-state index in [2.05, 4.69) is 68.7 Å². The van der Waals surface area contributed by atoms with Gasteiger partial charge in [-0.3, -0.25) is 9.69 Å². The summed E-state index contributed by atoms with van der Waals surface area (Å²) in [4.78, 5) is 21.1. The van der Waals surface area contributed by atoms with Crippen LogP contribution in [0.25, 0.3) is 11.8 Å². The minimum absolute atomic E-state index is 0.00977. The molecule has 1 aromatic heterocycles. The zero-order valence-electron chi connectivity index (χ0n) is 22.4. The molecular weight excluding hydrogens is 486 g/mol. The van der Waals surface area contributed by atoms with Crippen LogP contribution in [0.4, 0.5) is 5.69 Å². The number of para-hydroxylation sites is 2. The van der Waals surface area contributed by atoms with Gasteiger partial charge in [-0.2, -0.15) is 0 Å². The van der Waals surface area contributed by atoms with Crippen LogP contribution in [-0.2, 0) is 17.6 Å². The van der Waals surface area contributed by atoms with Crippen molar-refractivity contribution in [2.45, 2.75) is 40.5 Å². The molecule has 0 saturated carbocycles. The van der Waals surface area contributed by atoms with E-state index in [0.717, 1.165) is 40.6 Å². The van der Waals surface area contributed by atoms with Gasteiger partial charge in [0.25, 0.3) is 5.91 Å². The molecule has 3 aromatic carbocycles. The first kappa shape index (κ1) is 25.8. The van der Waals surface area contributed by atoms with E-state index >= 15 is 0 Å². The van der Waals surface area contributed by atoms with Gasteiger partial charge in [-0.25, -0.2) is 4.99 Å². The van der Waals surface area contributed by atoms with E-state index in [-0.39, 0.29) is 5.91 Å². The fourth-order valence-corrected chi connectivity index (χ4v) is 6.05. The summed E-state index contributed by atoms with van der Waals surface area (Å²) in [6, 6.07) is 28.8. The lowest BCUT2D eigenvalue weighted by atomic mass is 10.1. The Hall–Kier alpha value is -3.83. The number of nitrogens with zero attached hydrogens (tertiary/aromatic N) is 3. The van der Waals surface area contributed by atoms with E-state index in [1.165, 1.54) is 34.1 Å². The maximum absolute atomic E-state index is 13.7. The highest BCUT2D eigenvalue weighted by Gasteiger charge is 2.33. The van der Waals surface area contributed by atoms with Crippen molar-refractivity contribution in [1.82, 2.24) is 9.47 Å². The van der Waals surface area contributed by atoms with Gasteiger partial charge in [0.2, 0.25) is 0 Å². The van der Waals surface area contributed by atoms with Crippen molar-refractivity contribution >= 4 is 34.6 Å². The van der Waals surface area contributed by atoms with E-state index in [4.69, 9.17) is 4.99 Å². The molecule has 1 saturated heterocycles. The number of carbonyl (C=O) groups is 1. The zero-order valence-corrected chi connectivity index (χ0v) is 23.3. The number of hydrogen-bond acceptors (Lipinski definition) is 3. The van der Waals surface area contributed by atoms with Crippen LogP contribution >= 0.6 is 11.8 Å². The Labute approximate surface area is 229 Å². The fraction of sp³-hybridized carbons (Fsp3) is 0.212. The number of amidine groups is 1. The highest BCUT2D eigenvalue weighted by Crippen LogP contribution is 2.36. The van der Waals surface area contributed by atoms with Gasteiger partial charge < -0.3 is 4.57 Å². The van der Waals surface area contributed by atoms with Gasteiger partial charge >= 0.3 is 0 Å². The molecule has 0 atom stereocenters. The third kappa shape index (κ3) is 5.25. The van der Waals surface area contributed by atoms with Gasteiger partial charge in [-0.1, -0.05) is 73.7 Å². The molecule has 0 spiro atoms. The first-order valence-electron chi connectivity index (χ1n) is 13.1. The lowest BCUT2D eigenvalue weighted by Gasteiger charge is -2.17. The first-order chi connectivity index (χ1) is 18.5. The van der Waals surface area contributed by atoms with Crippen molar-refractivity contribution in [2.24, 2.45) is 4.99 Å². The minimum Gasteiger partial charge on any atom is -0.317 e. The highest BCUT2D eigenvalue weighted by atomic mass is 32.2. The summed E-state index contributed by atoms with van der Waals surface area (Å²) in [7, 11) is 0. The average Bonchev–Trinajstić information content (AvgIpc) is 3.37. The molecule has 1 aliphatic rings. The standard InChI is InChI=1S/C33H33N3OS/c1-5-27-16-12-13-23(2)31(27)36-24(3)21-28(25(36)4)22-30-32(37)35(20-19-26-14-8-6-9-15-26)33(38-30)34-29-17-10-7-11-18-29/h6-18,21-22H,5,19-20H2,1-4H3/b30-22-,34-33?. The molecule has 4 nitrogen and oxygen atoms in total. The molecule has 1 amide bonds. The largest absolute Gasteiger partial charge is 0.317 e. The molecule has 0 radical (unpaired) electrons. The monoisotopic (exact) mass is 519 g/mol. The first-order valence-corrected chi connectivity index (χ1v) is 13.9. The van der Waals surface area contributed by atoms with Gasteiger partial charge in [0, 0.05) is 17.9 Å². The van der Waals surface area contributed by atoms with Crippen LogP contribution in [0.15, 0.2) is 94.8 Å². The summed E-state index contributed by atoms with van der Waals surface area (Å²) >= 11 is 1.46. The third-order valence-electron chi connectivity index (χ3n) is 7.02. The van der Waals surface area contributed by atoms with Crippen molar-refractivity contribution in [2.75, 3.05) is 6.54 Å². The summed E-state index contributed by atoms with van der Waals surface area (Å²) in [6.45, 7) is 9.22. The van der Waals surface area contributed by atoms with E-state index in [1.807, 2.05) is 59.5 Å². The number of aliphatic imine (C=N–C) groups is 1. The summed E-state index contributed by atoms with van der Waals surface area (Å²) < 4.78 is 2.33. The molecule has 1 fully saturated rings. The second-order valence-corrected chi connectivity index (χ2v) is 10.6. The average molecular weight is 520 g/mol. The zero-order chi connectivity index (χ0) is 26.6. The predicted molar refractivity (Wildman–Crippen MR) is 160 cm³/mol. The predicted octanol–water partition coefficient (Wildman–Crippen LogP) is 7.81. The lowest BCUT2D eigenvalue weighted by molar-refractivity contribution is -0.122. The van der Waals surface area contributed by atoms with Gasteiger partial charge in [-0.15, -0.1) is 0 Å². The Bertz CT molecular complexity index is 1520. The Morgan fingerprint density at radius 1 is 0.895 bits per heavy atom. The number of thioether (sulfide) groups is 1. The minimum atomic E-state index is 0.00977. The Morgan fingerprint density at radius 2 is 1.61 bits per heavy atom. The summed E-state index contributed by atoms with van der Waals surface area (Å²) in [5.74, 6) is 0.00977. The summed E-state index contributed by atoms with van der Waals surface area (Å²) in [5, 5.41) is 0.726. The Morgan fingerprint density at radius 3 is 2.32 bits per heavy atom. The SMILES string of the molecule is CCc1cccc(C)c1-n1c(C)cc(/C=C2\SC(=Nc3ccccc3)N(CCc3ccccc3)C2=O)c1C. The maximum Gasteiger partial charge on any atom is 0.266 e. The molecule has 0 aliphatic carbocycles. The molecule has 4 aromatic rings. The van der Waals surface area contributed by atoms with Gasteiger partial charge in [-0.05, 0) is 91.9 Å². The molecule has 38 heavy (non-hydrogen) atoms. The van der Waals surface area contributed by atoms with Crippen LogP contribution in [0.2, 0.25) is 0 Å². The van der Waals surface area contributed by atoms with Gasteiger partial charge in [0.15, 0.2) is 5.17 Å². The van der Waals surface area contributed by atoms with Crippen LogP contribution in [-0.4, -0.2) is 27.1 Å². The molecule has 0 unspecified atom stereocenters. The number of amides is 1. The Balaban J connectivity index is 1.51. The van der Waals surface area contributed by atoms with Crippen LogP contribution in [0.5, 0.6) is 0 Å². The van der Waals surface area contributed by atoms with Gasteiger partial charge in [0.1, 0.15) is 0 Å². The quantitative estimate of drug-likeness (QED) is 0.234. The molecule has 0 N–H and O–H groups in total. The lowest BCUT2D eigenvalue weighted by Crippen LogP contribution is -2.31. The van der Waals surface area contributed by atoms with Crippen molar-refractivity contribution in [1.29, 1.82) is 0 Å². The molecule has 5 heteroatoms. The molecule has 1 aliphatic heterocycles. The second-order valence-electron chi connectivity index (χ2n) is 9.63. The summed E-state index contributed by atoms with van der Waals surface area (Å²) in [5.41, 5.74) is 9.23. The summed E-state index contributed by atoms with van der Waals surface area (Å²) in [6.07, 6.45) is 3.78. The van der Waals surface area contributed by atoms with Crippen LogP contribution in [0.3, 0.4) is 0 Å². The number of rotatable bonds is 7. The molecule has 5 rings (SSSR count). The topological polar surface area (TPSA) is 37.6 Å². The number of carbonyl (C=O) groups excluding carboxylic acids is 1. The van der Waals surface area contributed by atoms with E-state index in [1.54, 1.807) is 0 Å². The fourth-order valence-electron chi connectivity index (χ4n) is 5.03. The number of hydrogen-bond donors (Lipinski definition) is 0. The third-order valence-corrected chi connectivity index (χ3v) is 8.03. The number of aryl methyl sites for hydroxylation is 3. The number of benzene rings is 3. The van der Waals surface area contributed by atoms with Crippen LogP contribution in [0.1, 0.15) is 40.6 Å². The molecule has 192 valence electrons. The van der Waals surface area contributed by atoms with Crippen molar-refractivity contribution < 1.29 is 4.79 Å². The molecular formula is C33H33N3OS. The Kier molecular flexibility index (Phi) is 7.66. The molecule has 2 heterocycles. The van der Waals surface area contributed by atoms with Crippen molar-refractivity contribution in [3.8, 4) is 5.69 Å². The van der Waals surface area contributed by atoms with Crippen molar-refractivity contribution in [3.05, 3.63) is 123 Å². The van der Waals surface area contributed by atoms with Crippen LogP contribution in [0, 0.1) is 20.8 Å². The highest BCUT2D eigenvalue weighted by molar-refractivity contribution is 8.18. The van der Waals surface area contributed by atoms with Crippen LogP contribution < -0.4 is 0 Å². The second kappa shape index (κ2) is 11.3. The normalized spacial score (nSPS) is 15.7. The van der Waals surface area contributed by atoms with E-state index in [9.17, 15) is 4.79 Å². The smallest absolute Gasteiger partial charge is 0.266 e. The van der Waals surface area contributed by atoms with Gasteiger partial charge in [0.05, 0.1) is 16.3 Å².